The summed E-state index contributed by atoms with van der Waals surface area (Å²) in [6.45, 7) is 1.59. The average Bonchev–Trinajstić information content (AvgIpc) is 3.06. The number of esters is 2. The van der Waals surface area contributed by atoms with Gasteiger partial charge < -0.3 is 24.3 Å². The number of benzene rings is 1. The van der Waals surface area contributed by atoms with Gasteiger partial charge in [0.1, 0.15) is 9.88 Å². The third-order valence-electron chi connectivity index (χ3n) is 3.98. The molecule has 0 spiro atoms. The topological polar surface area (TPSA) is 100 Å². The second-order valence-electron chi connectivity index (χ2n) is 5.68. The molecule has 0 bridgehead atoms. The number of hydrogen-bond donors (Lipinski definition) is 1. The van der Waals surface area contributed by atoms with Crippen LogP contribution < -0.4 is 14.8 Å². The first kappa shape index (κ1) is 22.0. The van der Waals surface area contributed by atoms with Crippen molar-refractivity contribution in [1.82, 2.24) is 0 Å². The number of carbonyl (C=O) groups is 3. The summed E-state index contributed by atoms with van der Waals surface area (Å²) in [4.78, 5) is 36.6. The quantitative estimate of drug-likeness (QED) is 0.543. The molecule has 0 radical (unpaired) electrons. The van der Waals surface area contributed by atoms with Crippen molar-refractivity contribution in [2.45, 2.75) is 6.92 Å². The minimum atomic E-state index is -0.659. The van der Waals surface area contributed by atoms with Gasteiger partial charge in [0.05, 0.1) is 34.0 Å². The van der Waals surface area contributed by atoms with E-state index >= 15 is 0 Å². The van der Waals surface area contributed by atoms with Crippen molar-refractivity contribution in [2.24, 2.45) is 0 Å². The molecule has 0 aliphatic rings. The van der Waals surface area contributed by atoms with Crippen LogP contribution in [0.25, 0.3) is 6.08 Å². The number of carbonyl (C=O) groups excluding carboxylic acids is 3. The Bertz CT molecular complexity index is 962. The molecule has 1 aromatic heterocycles. The van der Waals surface area contributed by atoms with Gasteiger partial charge in [-0.25, -0.2) is 9.59 Å². The summed E-state index contributed by atoms with van der Waals surface area (Å²) in [5, 5.41) is 2.82. The summed E-state index contributed by atoms with van der Waals surface area (Å²) >= 11 is 0.946. The zero-order valence-corrected chi connectivity index (χ0v) is 17.5. The zero-order valence-electron chi connectivity index (χ0n) is 16.7. The predicted octanol–water partition coefficient (Wildman–Crippen LogP) is 3.30. The lowest BCUT2D eigenvalue weighted by Gasteiger charge is -2.07. The fourth-order valence-electron chi connectivity index (χ4n) is 2.52. The number of hydrogen-bond acceptors (Lipinski definition) is 8. The number of anilines is 1. The zero-order chi connectivity index (χ0) is 21.6. The van der Waals surface area contributed by atoms with Crippen LogP contribution in [0.15, 0.2) is 24.3 Å². The van der Waals surface area contributed by atoms with E-state index in [-0.39, 0.29) is 15.4 Å². The molecule has 0 saturated heterocycles. The van der Waals surface area contributed by atoms with Gasteiger partial charge in [0.25, 0.3) is 0 Å². The monoisotopic (exact) mass is 419 g/mol. The predicted molar refractivity (Wildman–Crippen MR) is 109 cm³/mol. The minimum absolute atomic E-state index is 0.116. The van der Waals surface area contributed by atoms with Crippen LogP contribution in [-0.4, -0.2) is 46.3 Å². The van der Waals surface area contributed by atoms with Gasteiger partial charge in [-0.05, 0) is 36.3 Å². The molecule has 1 aromatic carbocycles. The van der Waals surface area contributed by atoms with Gasteiger partial charge in [-0.3, -0.25) is 4.79 Å². The molecule has 0 saturated carbocycles. The highest BCUT2D eigenvalue weighted by atomic mass is 32.1. The average molecular weight is 419 g/mol. The van der Waals surface area contributed by atoms with Crippen LogP contribution in [0.4, 0.5) is 5.00 Å². The van der Waals surface area contributed by atoms with Gasteiger partial charge in [0.2, 0.25) is 5.91 Å². The summed E-state index contributed by atoms with van der Waals surface area (Å²) in [5.74, 6) is -0.643. The molecule has 1 heterocycles. The maximum absolute atomic E-state index is 12.4. The van der Waals surface area contributed by atoms with Gasteiger partial charge >= 0.3 is 11.9 Å². The van der Waals surface area contributed by atoms with Crippen LogP contribution in [0.1, 0.15) is 31.2 Å². The fraction of sp³-hybridized carbons (Fsp3) is 0.250. The first-order chi connectivity index (χ1) is 13.9. The smallest absolute Gasteiger partial charge is 0.348 e. The van der Waals surface area contributed by atoms with Gasteiger partial charge in [0.15, 0.2) is 11.5 Å². The largest absolute Gasteiger partial charge is 0.493 e. The Morgan fingerprint density at radius 1 is 0.966 bits per heavy atom. The molecular formula is C20H21NO7S. The second kappa shape index (κ2) is 9.74. The molecule has 0 fully saturated rings. The molecule has 154 valence electrons. The minimum Gasteiger partial charge on any atom is -0.493 e. The summed E-state index contributed by atoms with van der Waals surface area (Å²) in [6, 6.07) is 5.19. The lowest BCUT2D eigenvalue weighted by atomic mass is 10.1. The Kier molecular flexibility index (Phi) is 7.38. The van der Waals surface area contributed by atoms with Crippen molar-refractivity contribution >= 4 is 40.3 Å². The lowest BCUT2D eigenvalue weighted by molar-refractivity contribution is -0.111. The number of thiophene rings is 1. The van der Waals surface area contributed by atoms with E-state index in [0.717, 1.165) is 11.3 Å². The molecule has 0 aliphatic heterocycles. The lowest BCUT2D eigenvalue weighted by Crippen LogP contribution is -2.11. The Balaban J connectivity index is 2.27. The molecule has 1 N–H and O–H groups in total. The Hall–Kier alpha value is -3.33. The van der Waals surface area contributed by atoms with E-state index < -0.39 is 17.8 Å². The highest BCUT2D eigenvalue weighted by molar-refractivity contribution is 7.18. The normalized spacial score (nSPS) is 10.5. The van der Waals surface area contributed by atoms with Crippen molar-refractivity contribution in [3.8, 4) is 11.5 Å². The van der Waals surface area contributed by atoms with Crippen molar-refractivity contribution in [2.75, 3.05) is 33.8 Å². The van der Waals surface area contributed by atoms with Crippen LogP contribution in [0, 0.1) is 6.92 Å². The van der Waals surface area contributed by atoms with Crippen LogP contribution in [0.3, 0.4) is 0 Å². The van der Waals surface area contributed by atoms with Crippen LogP contribution in [-0.2, 0) is 14.3 Å². The molecule has 2 rings (SSSR count). The maximum Gasteiger partial charge on any atom is 0.348 e. The third kappa shape index (κ3) is 4.94. The summed E-state index contributed by atoms with van der Waals surface area (Å²) in [5.41, 5.74) is 1.21. The summed E-state index contributed by atoms with van der Waals surface area (Å²) in [7, 11) is 5.51. The van der Waals surface area contributed by atoms with Crippen LogP contribution in [0.2, 0.25) is 0 Å². The number of rotatable bonds is 7. The molecule has 8 nitrogen and oxygen atoms in total. The van der Waals surface area contributed by atoms with Gasteiger partial charge in [0, 0.05) is 6.08 Å². The van der Waals surface area contributed by atoms with Crippen LogP contribution >= 0.6 is 11.3 Å². The van der Waals surface area contributed by atoms with E-state index in [0.29, 0.717) is 22.6 Å². The van der Waals surface area contributed by atoms with Gasteiger partial charge in [-0.15, -0.1) is 11.3 Å². The van der Waals surface area contributed by atoms with E-state index in [4.69, 9.17) is 18.9 Å². The fourth-order valence-corrected chi connectivity index (χ4v) is 3.63. The SMILES string of the molecule is COC(=O)c1sc(NC(=O)C=Cc2ccc(OC)c(OC)c2)c(C(=O)OC)c1C. The van der Waals surface area contributed by atoms with Crippen molar-refractivity contribution in [1.29, 1.82) is 0 Å². The van der Waals surface area contributed by atoms with Crippen molar-refractivity contribution in [3.05, 3.63) is 45.8 Å². The van der Waals surface area contributed by atoms with Gasteiger partial charge in [-0.1, -0.05) is 6.07 Å². The molecule has 0 unspecified atom stereocenters. The van der Waals surface area contributed by atoms with E-state index in [2.05, 4.69) is 5.32 Å². The summed E-state index contributed by atoms with van der Waals surface area (Å²) in [6.07, 6.45) is 2.88. The second-order valence-corrected chi connectivity index (χ2v) is 6.70. The highest BCUT2D eigenvalue weighted by Crippen LogP contribution is 2.34. The van der Waals surface area contributed by atoms with E-state index in [1.165, 1.54) is 34.5 Å². The molecule has 0 aliphatic carbocycles. The van der Waals surface area contributed by atoms with Gasteiger partial charge in [-0.2, -0.15) is 0 Å². The number of methoxy groups -OCH3 is 4. The van der Waals surface area contributed by atoms with Crippen LogP contribution in [0.5, 0.6) is 11.5 Å². The van der Waals surface area contributed by atoms with E-state index in [1.807, 2.05) is 0 Å². The number of amides is 1. The highest BCUT2D eigenvalue weighted by Gasteiger charge is 2.26. The molecule has 1 amide bonds. The maximum atomic E-state index is 12.4. The van der Waals surface area contributed by atoms with E-state index in [1.54, 1.807) is 31.2 Å². The Morgan fingerprint density at radius 2 is 1.62 bits per heavy atom. The first-order valence-corrected chi connectivity index (χ1v) is 9.19. The Labute approximate surface area is 172 Å². The summed E-state index contributed by atoms with van der Waals surface area (Å²) < 4.78 is 19.9. The molecular weight excluding hydrogens is 398 g/mol. The first-order valence-electron chi connectivity index (χ1n) is 8.37. The molecule has 9 heteroatoms. The standard InChI is InChI=1S/C20H21NO7S/c1-11-16(19(23)27-4)18(29-17(11)20(24)28-5)21-15(22)9-7-12-6-8-13(25-2)14(10-12)26-3/h6-10H,1-5H3,(H,21,22). The number of ether oxygens (including phenoxy) is 4. The third-order valence-corrected chi connectivity index (χ3v) is 5.17. The van der Waals surface area contributed by atoms with Crippen molar-refractivity contribution < 1.29 is 33.3 Å². The Morgan fingerprint density at radius 3 is 2.21 bits per heavy atom. The molecule has 29 heavy (non-hydrogen) atoms. The number of nitrogens with one attached hydrogen (secondary N) is 1. The van der Waals surface area contributed by atoms with Crippen molar-refractivity contribution in [3.63, 3.8) is 0 Å². The molecule has 0 atom stereocenters. The molecule has 2 aromatic rings. The van der Waals surface area contributed by atoms with E-state index in [9.17, 15) is 14.4 Å².